The molecule has 3 rings (SSSR count). The van der Waals surface area contributed by atoms with Gasteiger partial charge in [0.15, 0.2) is 5.65 Å². The minimum atomic E-state index is -0.451. The van der Waals surface area contributed by atoms with E-state index < -0.39 is 5.91 Å². The number of nitrogens with one attached hydrogen (secondary N) is 1. The highest BCUT2D eigenvalue weighted by atomic mass is 32.2. The number of carbonyl (C=O) groups excluding carboxylic acids is 1. The number of primary amides is 1. The first-order valence-corrected chi connectivity index (χ1v) is 6.35. The number of halogens is 1. The number of carbonyl (C=O) groups is 1. The van der Waals surface area contributed by atoms with Gasteiger partial charge in [-0.25, -0.2) is 9.37 Å². The van der Waals surface area contributed by atoms with Gasteiger partial charge in [0.1, 0.15) is 11.3 Å². The number of aromatic nitrogens is 4. The van der Waals surface area contributed by atoms with Crippen molar-refractivity contribution in [3.05, 3.63) is 24.0 Å². The molecule has 19 heavy (non-hydrogen) atoms. The highest BCUT2D eigenvalue weighted by Crippen LogP contribution is 2.24. The molecular weight excluding hydrogens is 269 g/mol. The summed E-state index contributed by atoms with van der Waals surface area (Å²) in [6.45, 7) is 0. The standard InChI is InChI=1S/C11H8FN5OS/c12-5-1-2-7-6(3-5)9-10(14-7)15-11(17-16-9)19-4-8(13)18/h1-3H,4H2,(H2,13,18)(H,14,15,17). The summed E-state index contributed by atoms with van der Waals surface area (Å²) in [5.41, 5.74) is 6.78. The number of H-pyrrole nitrogens is 1. The molecule has 1 aromatic carbocycles. The first kappa shape index (κ1) is 11.8. The lowest BCUT2D eigenvalue weighted by Crippen LogP contribution is -2.13. The molecule has 2 heterocycles. The number of hydrogen-bond acceptors (Lipinski definition) is 5. The average molecular weight is 277 g/mol. The van der Waals surface area contributed by atoms with E-state index in [9.17, 15) is 9.18 Å². The van der Waals surface area contributed by atoms with Crippen LogP contribution >= 0.6 is 11.8 Å². The van der Waals surface area contributed by atoms with Crippen LogP contribution in [-0.4, -0.2) is 31.8 Å². The fourth-order valence-corrected chi connectivity index (χ4v) is 2.25. The van der Waals surface area contributed by atoms with Gasteiger partial charge in [0, 0.05) is 10.9 Å². The van der Waals surface area contributed by atoms with Gasteiger partial charge < -0.3 is 10.7 Å². The molecule has 8 heteroatoms. The van der Waals surface area contributed by atoms with E-state index in [-0.39, 0.29) is 11.6 Å². The van der Waals surface area contributed by atoms with Crippen molar-refractivity contribution in [1.29, 1.82) is 0 Å². The van der Waals surface area contributed by atoms with Gasteiger partial charge in [-0.1, -0.05) is 11.8 Å². The van der Waals surface area contributed by atoms with Crippen LogP contribution in [0.25, 0.3) is 22.1 Å². The van der Waals surface area contributed by atoms with Crippen LogP contribution < -0.4 is 5.73 Å². The molecule has 3 aromatic rings. The van der Waals surface area contributed by atoms with Gasteiger partial charge >= 0.3 is 0 Å². The lowest BCUT2D eigenvalue weighted by molar-refractivity contribution is -0.115. The number of nitrogens with two attached hydrogens (primary N) is 1. The van der Waals surface area contributed by atoms with Gasteiger partial charge in [-0.05, 0) is 18.2 Å². The molecule has 2 aromatic heterocycles. The largest absolute Gasteiger partial charge is 0.369 e. The Balaban J connectivity index is 2.08. The van der Waals surface area contributed by atoms with E-state index in [0.29, 0.717) is 21.7 Å². The minimum Gasteiger partial charge on any atom is -0.369 e. The Hall–Kier alpha value is -2.22. The van der Waals surface area contributed by atoms with Crippen LogP contribution in [0.15, 0.2) is 23.4 Å². The molecule has 0 aliphatic rings. The van der Waals surface area contributed by atoms with Crippen molar-refractivity contribution < 1.29 is 9.18 Å². The highest BCUT2D eigenvalue weighted by molar-refractivity contribution is 7.99. The van der Waals surface area contributed by atoms with E-state index in [2.05, 4.69) is 20.2 Å². The van der Waals surface area contributed by atoms with Crippen LogP contribution in [0.5, 0.6) is 0 Å². The maximum absolute atomic E-state index is 13.2. The van der Waals surface area contributed by atoms with Gasteiger partial charge in [-0.2, -0.15) is 0 Å². The number of hydrogen-bond donors (Lipinski definition) is 2. The third-order valence-corrected chi connectivity index (χ3v) is 3.36. The van der Waals surface area contributed by atoms with Crippen molar-refractivity contribution >= 4 is 39.7 Å². The maximum Gasteiger partial charge on any atom is 0.227 e. The number of aromatic amines is 1. The second-order valence-corrected chi connectivity index (χ2v) is 4.80. The molecule has 0 aliphatic heterocycles. The third kappa shape index (κ3) is 2.22. The van der Waals surface area contributed by atoms with Crippen molar-refractivity contribution in [3.63, 3.8) is 0 Å². The van der Waals surface area contributed by atoms with Gasteiger partial charge in [0.25, 0.3) is 0 Å². The average Bonchev–Trinajstić information content (AvgIpc) is 2.73. The van der Waals surface area contributed by atoms with Gasteiger partial charge in [0.05, 0.1) is 5.75 Å². The van der Waals surface area contributed by atoms with Gasteiger partial charge in [-0.15, -0.1) is 10.2 Å². The summed E-state index contributed by atoms with van der Waals surface area (Å²) in [7, 11) is 0. The minimum absolute atomic E-state index is 0.0854. The summed E-state index contributed by atoms with van der Waals surface area (Å²) in [6.07, 6.45) is 0. The molecule has 1 amide bonds. The molecule has 3 N–H and O–H groups in total. The monoisotopic (exact) mass is 277 g/mol. The van der Waals surface area contributed by atoms with Crippen molar-refractivity contribution in [1.82, 2.24) is 20.2 Å². The summed E-state index contributed by atoms with van der Waals surface area (Å²) in [6, 6.07) is 4.35. The van der Waals surface area contributed by atoms with Crippen molar-refractivity contribution in [3.8, 4) is 0 Å². The van der Waals surface area contributed by atoms with Gasteiger partial charge in [0.2, 0.25) is 11.1 Å². The quantitative estimate of drug-likeness (QED) is 0.701. The third-order valence-electron chi connectivity index (χ3n) is 2.50. The van der Waals surface area contributed by atoms with Crippen LogP contribution in [0.2, 0.25) is 0 Å². The molecule has 0 bridgehead atoms. The first-order chi connectivity index (χ1) is 9.13. The Morgan fingerprint density at radius 3 is 3.05 bits per heavy atom. The van der Waals surface area contributed by atoms with Crippen molar-refractivity contribution in [2.24, 2.45) is 5.73 Å². The molecule has 0 saturated carbocycles. The normalized spacial score (nSPS) is 11.2. The number of benzene rings is 1. The van der Waals surface area contributed by atoms with E-state index in [1.807, 2.05) is 0 Å². The summed E-state index contributed by atoms with van der Waals surface area (Å²) in [5.74, 6) is -0.711. The van der Waals surface area contributed by atoms with Gasteiger partial charge in [-0.3, -0.25) is 4.79 Å². The van der Waals surface area contributed by atoms with E-state index >= 15 is 0 Å². The predicted octanol–water partition coefficient (Wildman–Crippen LogP) is 1.22. The summed E-state index contributed by atoms with van der Waals surface area (Å²) in [4.78, 5) is 17.9. The summed E-state index contributed by atoms with van der Waals surface area (Å²) in [5, 5.41) is 8.86. The van der Waals surface area contributed by atoms with E-state index in [1.165, 1.54) is 12.1 Å². The van der Waals surface area contributed by atoms with Crippen LogP contribution in [0.4, 0.5) is 4.39 Å². The van der Waals surface area contributed by atoms with Crippen LogP contribution in [0, 0.1) is 5.82 Å². The van der Waals surface area contributed by atoms with Crippen LogP contribution in [-0.2, 0) is 4.79 Å². The lowest BCUT2D eigenvalue weighted by Gasteiger charge is -1.95. The summed E-state index contributed by atoms with van der Waals surface area (Å²) < 4.78 is 13.2. The Labute approximate surface area is 110 Å². The fourth-order valence-electron chi connectivity index (χ4n) is 1.73. The van der Waals surface area contributed by atoms with E-state index in [0.717, 1.165) is 17.3 Å². The molecule has 0 radical (unpaired) electrons. The number of rotatable bonds is 3. The SMILES string of the molecule is NC(=O)CSc1nnc2c(n1)[nH]c1ccc(F)cc12. The smallest absolute Gasteiger partial charge is 0.227 e. The maximum atomic E-state index is 13.2. The Morgan fingerprint density at radius 1 is 1.42 bits per heavy atom. The van der Waals surface area contributed by atoms with E-state index in [1.54, 1.807) is 6.07 Å². The molecule has 0 saturated heterocycles. The van der Waals surface area contributed by atoms with Crippen LogP contribution in [0.3, 0.4) is 0 Å². The predicted molar refractivity (Wildman–Crippen MR) is 69.1 cm³/mol. The van der Waals surface area contributed by atoms with Crippen molar-refractivity contribution in [2.45, 2.75) is 5.16 Å². The molecule has 6 nitrogen and oxygen atoms in total. The number of fused-ring (bicyclic) bond motifs is 3. The topological polar surface area (TPSA) is 97.6 Å². The Morgan fingerprint density at radius 2 is 2.26 bits per heavy atom. The zero-order chi connectivity index (χ0) is 13.4. The molecule has 0 fully saturated rings. The zero-order valence-electron chi connectivity index (χ0n) is 9.55. The molecule has 0 unspecified atom stereocenters. The fraction of sp³-hybridized carbons (Fsp3) is 0.0909. The second-order valence-electron chi connectivity index (χ2n) is 3.86. The highest BCUT2D eigenvalue weighted by Gasteiger charge is 2.10. The Kier molecular flexibility index (Phi) is 2.79. The van der Waals surface area contributed by atoms with E-state index in [4.69, 9.17) is 5.73 Å². The lowest BCUT2D eigenvalue weighted by atomic mass is 10.2. The first-order valence-electron chi connectivity index (χ1n) is 5.36. The molecular formula is C11H8FN5OS. The molecule has 0 atom stereocenters. The number of nitrogens with zero attached hydrogens (tertiary/aromatic N) is 3. The second kappa shape index (κ2) is 4.47. The van der Waals surface area contributed by atoms with Crippen LogP contribution in [0.1, 0.15) is 0 Å². The summed E-state index contributed by atoms with van der Waals surface area (Å²) >= 11 is 1.10. The molecule has 0 aliphatic carbocycles. The van der Waals surface area contributed by atoms with Crippen molar-refractivity contribution in [2.75, 3.05) is 5.75 Å². The Bertz CT molecular complexity index is 787. The molecule has 0 spiro atoms. The zero-order valence-corrected chi connectivity index (χ0v) is 10.4. The molecule has 96 valence electrons. The number of amides is 1. The number of thioether (sulfide) groups is 1.